The molecule has 3 aromatic rings. The highest BCUT2D eigenvalue weighted by atomic mass is 32.2. The van der Waals surface area contributed by atoms with Gasteiger partial charge in [0.05, 0.1) is 17.2 Å². The Morgan fingerprint density at radius 2 is 1.94 bits per heavy atom. The molecular weight excluding hydrogens is 410 g/mol. The summed E-state index contributed by atoms with van der Waals surface area (Å²) in [6.07, 6.45) is 9.02. The molecule has 4 rings (SSSR count). The highest BCUT2D eigenvalue weighted by Gasteiger charge is 2.34. The molecule has 0 aliphatic carbocycles. The average molecular weight is 436 g/mol. The van der Waals surface area contributed by atoms with E-state index in [9.17, 15) is 9.59 Å². The number of unbranched alkanes of at least 4 members (excludes halogenated alkanes) is 2. The number of benzene rings is 1. The lowest BCUT2D eigenvalue weighted by Gasteiger charge is -2.12. The van der Waals surface area contributed by atoms with E-state index in [0.717, 1.165) is 53.7 Å². The molecule has 0 bridgehead atoms. The number of amides is 2. The lowest BCUT2D eigenvalue weighted by Crippen LogP contribution is -2.29. The molecule has 160 valence electrons. The fourth-order valence-electron chi connectivity index (χ4n) is 3.41. The van der Waals surface area contributed by atoms with Gasteiger partial charge in [0.1, 0.15) is 0 Å². The first-order chi connectivity index (χ1) is 15.2. The lowest BCUT2D eigenvalue weighted by molar-refractivity contribution is -0.122. The predicted molar refractivity (Wildman–Crippen MR) is 123 cm³/mol. The van der Waals surface area contributed by atoms with Crippen molar-refractivity contribution in [2.75, 3.05) is 13.2 Å². The van der Waals surface area contributed by atoms with Crippen LogP contribution in [0.15, 0.2) is 65.8 Å². The molecule has 0 atom stereocenters. The zero-order chi connectivity index (χ0) is 21.6. The molecule has 6 nitrogen and oxygen atoms in total. The molecule has 2 amide bonds. The third-order valence-electron chi connectivity index (χ3n) is 5.04. The Labute approximate surface area is 185 Å². The summed E-state index contributed by atoms with van der Waals surface area (Å²) in [5.41, 5.74) is 2.72. The molecule has 7 heteroatoms. The number of rotatable bonds is 9. The number of allylic oxidation sites excluding steroid dienone is 1. The molecule has 0 saturated carbocycles. The van der Waals surface area contributed by atoms with Crippen LogP contribution in [-0.4, -0.2) is 38.6 Å². The Balaban J connectivity index is 1.32. The van der Waals surface area contributed by atoms with E-state index in [1.54, 1.807) is 0 Å². The molecule has 0 radical (unpaired) electrons. The number of imidazole rings is 1. The van der Waals surface area contributed by atoms with Gasteiger partial charge in [-0.1, -0.05) is 49.8 Å². The largest absolute Gasteiger partial charge is 0.490 e. The minimum Gasteiger partial charge on any atom is -0.490 e. The molecule has 1 aliphatic heterocycles. The summed E-state index contributed by atoms with van der Waals surface area (Å²) < 4.78 is 7.93. The van der Waals surface area contributed by atoms with Crippen LogP contribution in [0.25, 0.3) is 16.9 Å². The van der Waals surface area contributed by atoms with E-state index >= 15 is 0 Å². The molecule has 3 heterocycles. The molecule has 31 heavy (non-hydrogen) atoms. The van der Waals surface area contributed by atoms with E-state index in [-0.39, 0.29) is 11.1 Å². The van der Waals surface area contributed by atoms with Crippen LogP contribution in [0, 0.1) is 0 Å². The Bertz CT molecular complexity index is 1110. The van der Waals surface area contributed by atoms with Crippen molar-refractivity contribution in [1.82, 2.24) is 14.3 Å². The Kier molecular flexibility index (Phi) is 6.72. The first kappa shape index (κ1) is 21.2. The second-order valence-electron chi connectivity index (χ2n) is 7.33. The molecule has 0 unspecified atom stereocenters. The molecule has 2 aromatic heterocycles. The maximum atomic E-state index is 12.3. The quantitative estimate of drug-likeness (QED) is 0.326. The van der Waals surface area contributed by atoms with Crippen molar-refractivity contribution >= 4 is 28.6 Å². The van der Waals surface area contributed by atoms with Gasteiger partial charge < -0.3 is 9.14 Å². The van der Waals surface area contributed by atoms with Crippen molar-refractivity contribution < 1.29 is 14.3 Å². The van der Waals surface area contributed by atoms with E-state index in [2.05, 4.69) is 0 Å². The number of hydrogen-bond donors (Lipinski definition) is 0. The van der Waals surface area contributed by atoms with Gasteiger partial charge in [0.15, 0.2) is 11.4 Å². The van der Waals surface area contributed by atoms with Gasteiger partial charge in [-0.3, -0.25) is 14.5 Å². The summed E-state index contributed by atoms with van der Waals surface area (Å²) in [5.74, 6) is 0.554. The van der Waals surface area contributed by atoms with Gasteiger partial charge in [0.2, 0.25) is 0 Å². The first-order valence-corrected chi connectivity index (χ1v) is 11.4. The van der Waals surface area contributed by atoms with E-state index in [1.807, 2.05) is 72.3 Å². The number of thioether (sulfide) groups is 1. The van der Waals surface area contributed by atoms with Gasteiger partial charge >= 0.3 is 0 Å². The molecule has 0 N–H and O–H groups in total. The van der Waals surface area contributed by atoms with Crippen LogP contribution in [0.3, 0.4) is 0 Å². The van der Waals surface area contributed by atoms with Crippen molar-refractivity contribution in [2.24, 2.45) is 0 Å². The molecule has 1 aromatic carbocycles. The van der Waals surface area contributed by atoms with Crippen molar-refractivity contribution in [3.05, 3.63) is 65.8 Å². The van der Waals surface area contributed by atoms with Gasteiger partial charge in [-0.05, 0) is 43.2 Å². The highest BCUT2D eigenvalue weighted by molar-refractivity contribution is 8.18. The summed E-state index contributed by atoms with van der Waals surface area (Å²) in [5, 5.41) is -0.177. The Morgan fingerprint density at radius 3 is 2.74 bits per heavy atom. The molecule has 1 saturated heterocycles. The van der Waals surface area contributed by atoms with Gasteiger partial charge in [-0.15, -0.1) is 0 Å². The number of hydrogen-bond acceptors (Lipinski definition) is 5. The highest BCUT2D eigenvalue weighted by Crippen LogP contribution is 2.31. The van der Waals surface area contributed by atoms with E-state index in [4.69, 9.17) is 9.72 Å². The van der Waals surface area contributed by atoms with Crippen LogP contribution >= 0.6 is 11.8 Å². The maximum absolute atomic E-state index is 12.3. The van der Waals surface area contributed by atoms with Crippen molar-refractivity contribution in [3.8, 4) is 17.0 Å². The van der Waals surface area contributed by atoms with Crippen LogP contribution < -0.4 is 4.74 Å². The number of fused-ring (bicyclic) bond motifs is 1. The van der Waals surface area contributed by atoms with E-state index < -0.39 is 0 Å². The minimum atomic E-state index is -0.177. The number of nitrogens with zero attached hydrogens (tertiary/aromatic N) is 3. The summed E-state index contributed by atoms with van der Waals surface area (Å²) in [7, 11) is 0. The van der Waals surface area contributed by atoms with Gasteiger partial charge in [0, 0.05) is 24.5 Å². The third kappa shape index (κ3) is 4.82. The van der Waals surface area contributed by atoms with Crippen LogP contribution in [0.2, 0.25) is 0 Å². The summed E-state index contributed by atoms with van der Waals surface area (Å²) in [6.45, 7) is 2.96. The smallest absolute Gasteiger partial charge is 0.293 e. The molecule has 1 fully saturated rings. The van der Waals surface area contributed by atoms with Crippen molar-refractivity contribution in [3.63, 3.8) is 0 Å². The monoisotopic (exact) mass is 435 g/mol. The normalized spacial score (nSPS) is 15.4. The number of pyridine rings is 1. The second-order valence-corrected chi connectivity index (χ2v) is 8.33. The van der Waals surface area contributed by atoms with Crippen LogP contribution in [0.1, 0.15) is 32.6 Å². The Morgan fingerprint density at radius 1 is 1.10 bits per heavy atom. The summed E-state index contributed by atoms with van der Waals surface area (Å²) in [4.78, 5) is 31.1. The van der Waals surface area contributed by atoms with E-state index in [0.29, 0.717) is 24.5 Å². The fraction of sp³-hybridized carbons (Fsp3) is 0.292. The molecule has 0 spiro atoms. The molecular formula is C24H25N3O3S. The second kappa shape index (κ2) is 9.83. The number of carbonyl (C=O) groups is 2. The summed E-state index contributed by atoms with van der Waals surface area (Å²) in [6, 6.07) is 13.9. The van der Waals surface area contributed by atoms with Gasteiger partial charge in [-0.2, -0.15) is 0 Å². The van der Waals surface area contributed by atoms with Gasteiger partial charge in [0.25, 0.3) is 11.1 Å². The minimum absolute atomic E-state index is 0.167. The third-order valence-corrected chi connectivity index (χ3v) is 6.00. The lowest BCUT2D eigenvalue weighted by atomic mass is 10.2. The number of aromatic nitrogens is 2. The van der Waals surface area contributed by atoms with Gasteiger partial charge in [-0.25, -0.2) is 4.98 Å². The predicted octanol–water partition coefficient (Wildman–Crippen LogP) is 5.54. The zero-order valence-corrected chi connectivity index (χ0v) is 18.3. The van der Waals surface area contributed by atoms with Crippen LogP contribution in [0.4, 0.5) is 4.79 Å². The topological polar surface area (TPSA) is 63.9 Å². The van der Waals surface area contributed by atoms with Crippen LogP contribution in [-0.2, 0) is 4.79 Å². The number of ether oxygens (including phenoxy) is 1. The summed E-state index contributed by atoms with van der Waals surface area (Å²) >= 11 is 1.04. The number of carbonyl (C=O) groups excluding carboxylic acids is 2. The Hall–Kier alpha value is -3.06. The van der Waals surface area contributed by atoms with E-state index in [1.165, 1.54) is 4.90 Å². The zero-order valence-electron chi connectivity index (χ0n) is 17.5. The first-order valence-electron chi connectivity index (χ1n) is 10.6. The SMILES string of the molecule is CCCC=C1SC(=O)N(CCCCOc2cccn3cc(-c4ccccc4)nc23)C1=O. The number of imide groups is 1. The van der Waals surface area contributed by atoms with Crippen molar-refractivity contribution in [2.45, 2.75) is 32.6 Å². The molecule has 1 aliphatic rings. The maximum Gasteiger partial charge on any atom is 0.293 e. The van der Waals surface area contributed by atoms with Crippen LogP contribution in [0.5, 0.6) is 5.75 Å². The fourth-order valence-corrected chi connectivity index (χ4v) is 4.28. The van der Waals surface area contributed by atoms with Crippen molar-refractivity contribution in [1.29, 1.82) is 0 Å². The standard InChI is InChI=1S/C24H25N3O3S/c1-2-3-13-21-23(28)27(24(29)31-21)15-7-8-16-30-20-12-9-14-26-17-19(25-22(20)26)18-10-5-4-6-11-18/h4-6,9-14,17H,2-3,7-8,15-16H2,1H3. The average Bonchev–Trinajstić information content (AvgIpc) is 3.34.